The lowest BCUT2D eigenvalue weighted by Gasteiger charge is -2.01. The first-order chi connectivity index (χ1) is 10.1. The van der Waals surface area contributed by atoms with Crippen molar-refractivity contribution in [3.05, 3.63) is 62.1 Å². The Balaban J connectivity index is 2.06. The Kier molecular flexibility index (Phi) is 4.39. The minimum absolute atomic E-state index is 0.0155. The fraction of sp³-hybridized carbons (Fsp3) is 0.154. The van der Waals surface area contributed by atoms with Crippen molar-refractivity contribution in [2.75, 3.05) is 5.43 Å². The third kappa shape index (κ3) is 3.96. The lowest BCUT2D eigenvalue weighted by molar-refractivity contribution is -0.384. The van der Waals surface area contributed by atoms with Gasteiger partial charge in [-0.05, 0) is 24.1 Å². The Morgan fingerprint density at radius 1 is 1.43 bits per heavy atom. The van der Waals surface area contributed by atoms with Crippen LogP contribution in [0.5, 0.6) is 0 Å². The zero-order valence-corrected chi connectivity index (χ0v) is 11.2. The van der Waals surface area contributed by atoms with Crippen LogP contribution in [0.25, 0.3) is 0 Å². The van der Waals surface area contributed by atoms with Crippen LogP contribution in [0.2, 0.25) is 0 Å². The van der Waals surface area contributed by atoms with Gasteiger partial charge in [-0.1, -0.05) is 6.92 Å². The van der Waals surface area contributed by atoms with Crippen molar-refractivity contribution in [2.45, 2.75) is 13.3 Å². The summed E-state index contributed by atoms with van der Waals surface area (Å²) in [6, 6.07) is 7.34. The summed E-state index contributed by atoms with van der Waals surface area (Å²) in [6.07, 6.45) is 2.12. The Bertz CT molecular complexity index is 721. The van der Waals surface area contributed by atoms with E-state index in [0.717, 1.165) is 0 Å². The van der Waals surface area contributed by atoms with E-state index in [1.165, 1.54) is 24.4 Å². The minimum Gasteiger partial charge on any atom is -0.291 e. The van der Waals surface area contributed by atoms with Crippen LogP contribution in [0.4, 0.5) is 11.6 Å². The highest BCUT2D eigenvalue weighted by Gasteiger charge is 2.02. The number of benzene rings is 1. The van der Waals surface area contributed by atoms with Gasteiger partial charge in [0, 0.05) is 23.9 Å². The average molecular weight is 287 g/mol. The summed E-state index contributed by atoms with van der Waals surface area (Å²) in [6.45, 7) is 1.89. The maximum atomic E-state index is 11.4. The number of hydrazone groups is 1. The monoisotopic (exact) mass is 287 g/mol. The molecule has 0 aliphatic heterocycles. The molecule has 1 heterocycles. The molecule has 0 bridgehead atoms. The fourth-order valence-electron chi connectivity index (χ4n) is 1.59. The van der Waals surface area contributed by atoms with Crippen LogP contribution in [-0.4, -0.2) is 21.1 Å². The van der Waals surface area contributed by atoms with Crippen molar-refractivity contribution in [1.29, 1.82) is 0 Å². The van der Waals surface area contributed by atoms with Gasteiger partial charge in [-0.25, -0.2) is 10.4 Å². The molecule has 0 aliphatic carbocycles. The number of nitro benzene ring substituents is 1. The zero-order valence-electron chi connectivity index (χ0n) is 11.2. The SMILES string of the molecule is CCc1cc(=O)[nH]c(N/N=C\c2ccc([N+](=O)[O-])cc2)n1. The number of nitro groups is 1. The molecule has 0 spiro atoms. The summed E-state index contributed by atoms with van der Waals surface area (Å²) in [5, 5.41) is 14.4. The number of non-ortho nitro benzene ring substituents is 1. The molecule has 0 saturated heterocycles. The van der Waals surface area contributed by atoms with Crippen LogP contribution in [0.1, 0.15) is 18.2 Å². The molecule has 0 saturated carbocycles. The highest BCUT2D eigenvalue weighted by atomic mass is 16.6. The summed E-state index contributed by atoms with van der Waals surface area (Å²) in [7, 11) is 0. The van der Waals surface area contributed by atoms with Crippen LogP contribution in [0.3, 0.4) is 0 Å². The van der Waals surface area contributed by atoms with E-state index in [-0.39, 0.29) is 17.2 Å². The number of anilines is 1. The second-order valence-electron chi connectivity index (χ2n) is 4.16. The van der Waals surface area contributed by atoms with Gasteiger partial charge in [-0.15, -0.1) is 0 Å². The fourth-order valence-corrected chi connectivity index (χ4v) is 1.59. The molecule has 1 aromatic carbocycles. The van der Waals surface area contributed by atoms with E-state index < -0.39 is 4.92 Å². The molecule has 2 N–H and O–H groups in total. The number of nitrogens with zero attached hydrogens (tertiary/aromatic N) is 3. The molecule has 0 aliphatic rings. The van der Waals surface area contributed by atoms with Crippen LogP contribution >= 0.6 is 0 Å². The first kappa shape index (κ1) is 14.4. The highest BCUT2D eigenvalue weighted by Crippen LogP contribution is 2.10. The third-order valence-electron chi connectivity index (χ3n) is 2.64. The predicted octanol–water partition coefficient (Wildman–Crippen LogP) is 1.69. The Morgan fingerprint density at radius 2 is 2.14 bits per heavy atom. The number of hydrogen-bond acceptors (Lipinski definition) is 6. The van der Waals surface area contributed by atoms with Crippen molar-refractivity contribution < 1.29 is 4.92 Å². The maximum absolute atomic E-state index is 11.4. The molecule has 1 aromatic heterocycles. The van der Waals surface area contributed by atoms with E-state index in [2.05, 4.69) is 20.5 Å². The Labute approximate surface area is 119 Å². The molecule has 0 fully saturated rings. The molecule has 0 amide bonds. The summed E-state index contributed by atoms with van der Waals surface area (Å²) in [5.41, 5.74) is 3.72. The molecule has 2 rings (SSSR count). The van der Waals surface area contributed by atoms with Crippen molar-refractivity contribution in [2.24, 2.45) is 5.10 Å². The van der Waals surface area contributed by atoms with Crippen molar-refractivity contribution in [3.8, 4) is 0 Å². The highest BCUT2D eigenvalue weighted by molar-refractivity contribution is 5.80. The van der Waals surface area contributed by atoms with Gasteiger partial charge >= 0.3 is 0 Å². The van der Waals surface area contributed by atoms with Crippen LogP contribution in [-0.2, 0) is 6.42 Å². The van der Waals surface area contributed by atoms with Gasteiger partial charge in [0.05, 0.1) is 11.1 Å². The van der Waals surface area contributed by atoms with E-state index in [0.29, 0.717) is 17.7 Å². The predicted molar refractivity (Wildman–Crippen MR) is 78.5 cm³/mol. The summed E-state index contributed by atoms with van der Waals surface area (Å²) >= 11 is 0. The number of aryl methyl sites for hydroxylation is 1. The molecule has 21 heavy (non-hydrogen) atoms. The minimum atomic E-state index is -0.468. The van der Waals surface area contributed by atoms with E-state index in [1.54, 1.807) is 12.1 Å². The standard InChI is InChI=1S/C13H13N5O3/c1-2-10-7-12(19)16-13(15-10)17-14-8-9-3-5-11(6-4-9)18(20)21/h3-8H,2H2,1H3,(H2,15,16,17,19)/b14-8-. The van der Waals surface area contributed by atoms with Crippen LogP contribution in [0, 0.1) is 10.1 Å². The lowest BCUT2D eigenvalue weighted by Crippen LogP contribution is -2.11. The number of aromatic amines is 1. The first-order valence-electron chi connectivity index (χ1n) is 6.22. The molecule has 8 heteroatoms. The second kappa shape index (κ2) is 6.42. The van der Waals surface area contributed by atoms with Crippen molar-refractivity contribution in [1.82, 2.24) is 9.97 Å². The second-order valence-corrected chi connectivity index (χ2v) is 4.16. The van der Waals surface area contributed by atoms with E-state index in [9.17, 15) is 14.9 Å². The van der Waals surface area contributed by atoms with Gasteiger partial charge in [0.1, 0.15) is 0 Å². The summed E-state index contributed by atoms with van der Waals surface area (Å²) < 4.78 is 0. The van der Waals surface area contributed by atoms with Gasteiger partial charge < -0.3 is 0 Å². The summed E-state index contributed by atoms with van der Waals surface area (Å²) in [4.78, 5) is 28.1. The van der Waals surface area contributed by atoms with Gasteiger partial charge in [0.15, 0.2) is 0 Å². The lowest BCUT2D eigenvalue weighted by atomic mass is 10.2. The molecule has 0 unspecified atom stereocenters. The van der Waals surface area contributed by atoms with Crippen LogP contribution < -0.4 is 11.0 Å². The number of aromatic nitrogens is 2. The van der Waals surface area contributed by atoms with E-state index in [1.807, 2.05) is 6.92 Å². The largest absolute Gasteiger partial charge is 0.291 e. The molecule has 0 atom stereocenters. The van der Waals surface area contributed by atoms with Crippen LogP contribution in [0.15, 0.2) is 40.2 Å². The Hall–Kier alpha value is -3.03. The average Bonchev–Trinajstić information content (AvgIpc) is 2.47. The normalized spacial score (nSPS) is 10.7. The molecular formula is C13H13N5O3. The smallest absolute Gasteiger partial charge is 0.269 e. The van der Waals surface area contributed by atoms with Crippen molar-refractivity contribution in [3.63, 3.8) is 0 Å². The number of rotatable bonds is 5. The third-order valence-corrected chi connectivity index (χ3v) is 2.64. The van der Waals surface area contributed by atoms with Gasteiger partial charge in [0.25, 0.3) is 11.2 Å². The molecule has 108 valence electrons. The molecule has 8 nitrogen and oxygen atoms in total. The maximum Gasteiger partial charge on any atom is 0.269 e. The molecular weight excluding hydrogens is 274 g/mol. The molecule has 0 radical (unpaired) electrons. The van der Waals surface area contributed by atoms with Gasteiger partial charge in [0.2, 0.25) is 5.95 Å². The quantitative estimate of drug-likeness (QED) is 0.493. The molecule has 2 aromatic rings. The van der Waals surface area contributed by atoms with E-state index in [4.69, 9.17) is 0 Å². The topological polar surface area (TPSA) is 113 Å². The van der Waals surface area contributed by atoms with Gasteiger partial charge in [-0.3, -0.25) is 19.9 Å². The number of nitrogens with one attached hydrogen (secondary N) is 2. The number of hydrogen-bond donors (Lipinski definition) is 2. The Morgan fingerprint density at radius 3 is 2.76 bits per heavy atom. The number of H-pyrrole nitrogens is 1. The zero-order chi connectivity index (χ0) is 15.2. The summed E-state index contributed by atoms with van der Waals surface area (Å²) in [5.74, 6) is 0.248. The van der Waals surface area contributed by atoms with Crippen molar-refractivity contribution >= 4 is 17.9 Å². The van der Waals surface area contributed by atoms with Gasteiger partial charge in [-0.2, -0.15) is 5.10 Å². The van der Waals surface area contributed by atoms with E-state index >= 15 is 0 Å². The first-order valence-corrected chi connectivity index (χ1v) is 6.22.